The van der Waals surface area contributed by atoms with Crippen molar-refractivity contribution < 1.29 is 14.7 Å². The van der Waals surface area contributed by atoms with Crippen molar-refractivity contribution in [2.75, 3.05) is 12.8 Å². The van der Waals surface area contributed by atoms with Gasteiger partial charge in [0.15, 0.2) is 0 Å². The fraction of sp³-hybridized carbons (Fsp3) is 0.625. The van der Waals surface area contributed by atoms with Gasteiger partial charge in [-0.3, -0.25) is 4.79 Å². The molecule has 0 aromatic carbocycles. The highest BCUT2D eigenvalue weighted by Crippen LogP contribution is 2.43. The van der Waals surface area contributed by atoms with E-state index in [1.165, 1.54) is 4.88 Å². The lowest BCUT2D eigenvalue weighted by Crippen LogP contribution is -2.57. The number of aliphatic carboxylic acids is 1. The van der Waals surface area contributed by atoms with Crippen LogP contribution >= 0.6 is 23.1 Å². The smallest absolute Gasteiger partial charge is 0.329 e. The molecule has 1 aromatic rings. The number of thiophene rings is 1. The second kappa shape index (κ2) is 6.24. The van der Waals surface area contributed by atoms with E-state index in [9.17, 15) is 14.7 Å². The van der Waals surface area contributed by atoms with Gasteiger partial charge in [0.2, 0.25) is 5.91 Å². The van der Waals surface area contributed by atoms with Gasteiger partial charge in [-0.05, 0) is 42.0 Å². The van der Waals surface area contributed by atoms with E-state index < -0.39 is 11.5 Å². The molecule has 1 atom stereocenters. The van der Waals surface area contributed by atoms with E-state index in [1.807, 2.05) is 11.4 Å². The molecule has 2 heterocycles. The number of thioether (sulfide) groups is 1. The molecule has 1 aromatic heterocycles. The van der Waals surface area contributed by atoms with Gasteiger partial charge in [0, 0.05) is 11.9 Å². The number of hydrogen-bond donors (Lipinski definition) is 1. The van der Waals surface area contributed by atoms with Gasteiger partial charge in [-0.2, -0.15) is 0 Å². The average Bonchev–Trinajstić information content (AvgIpc) is 3.02. The van der Waals surface area contributed by atoms with Crippen LogP contribution in [-0.4, -0.2) is 40.2 Å². The highest BCUT2D eigenvalue weighted by Gasteiger charge is 2.47. The summed E-state index contributed by atoms with van der Waals surface area (Å²) in [6, 6.07) is 2.02. The molecule has 22 heavy (non-hydrogen) atoms. The van der Waals surface area contributed by atoms with Crippen LogP contribution in [0.3, 0.4) is 0 Å². The number of carbonyl (C=O) groups excluding carboxylic acids is 1. The number of aryl methyl sites for hydroxylation is 1. The number of likely N-dealkylation sites (N-methyl/N-ethyl adjacent to an activating group) is 1. The molecule has 1 N–H and O–H groups in total. The maximum Gasteiger partial charge on any atom is 0.329 e. The summed E-state index contributed by atoms with van der Waals surface area (Å²) in [5.41, 5.74) is 0.0817. The summed E-state index contributed by atoms with van der Waals surface area (Å²) in [5, 5.41) is 11.6. The Balaban J connectivity index is 1.87. The summed E-state index contributed by atoms with van der Waals surface area (Å²) in [7, 11) is 1.68. The first-order valence-corrected chi connectivity index (χ1v) is 9.68. The summed E-state index contributed by atoms with van der Waals surface area (Å²) in [5.74, 6) is 0.0285. The van der Waals surface area contributed by atoms with Crippen molar-refractivity contribution >= 4 is 35.0 Å². The van der Waals surface area contributed by atoms with Gasteiger partial charge in [0.05, 0.1) is 0 Å². The lowest BCUT2D eigenvalue weighted by atomic mass is 9.80. The zero-order valence-corrected chi connectivity index (χ0v) is 14.3. The Kier molecular flexibility index (Phi) is 4.50. The van der Waals surface area contributed by atoms with Gasteiger partial charge >= 0.3 is 5.97 Å². The van der Waals surface area contributed by atoms with Crippen molar-refractivity contribution in [1.82, 2.24) is 4.90 Å². The van der Waals surface area contributed by atoms with E-state index >= 15 is 0 Å². The van der Waals surface area contributed by atoms with E-state index in [-0.39, 0.29) is 11.2 Å². The van der Waals surface area contributed by atoms with Crippen molar-refractivity contribution in [3.8, 4) is 0 Å². The van der Waals surface area contributed by atoms with Gasteiger partial charge in [-0.15, -0.1) is 23.1 Å². The largest absolute Gasteiger partial charge is 0.479 e. The van der Waals surface area contributed by atoms with Crippen LogP contribution in [0.4, 0.5) is 0 Å². The molecule has 1 saturated carbocycles. The van der Waals surface area contributed by atoms with Crippen molar-refractivity contribution in [3.05, 3.63) is 21.9 Å². The molecule has 1 aliphatic carbocycles. The maximum absolute atomic E-state index is 13.0. The molecular formula is C16H21NO3S2. The third kappa shape index (κ3) is 2.56. The van der Waals surface area contributed by atoms with E-state index in [1.54, 1.807) is 35.0 Å². The maximum atomic E-state index is 13.0. The number of amides is 1. The Labute approximate surface area is 138 Å². The molecule has 0 radical (unpaired) electrons. The fourth-order valence-corrected chi connectivity index (χ4v) is 5.95. The fourth-order valence-electron chi connectivity index (χ4n) is 3.57. The minimum atomic E-state index is -1.01. The first kappa shape index (κ1) is 15.9. The zero-order valence-electron chi connectivity index (χ0n) is 12.7. The van der Waals surface area contributed by atoms with Crippen LogP contribution in [-0.2, 0) is 16.0 Å². The molecule has 2 aliphatic rings. The molecule has 120 valence electrons. The Bertz CT molecular complexity index is 578. The Morgan fingerprint density at radius 1 is 1.32 bits per heavy atom. The molecule has 1 aliphatic heterocycles. The molecule has 0 bridgehead atoms. The topological polar surface area (TPSA) is 57.6 Å². The van der Waals surface area contributed by atoms with Gasteiger partial charge in [-0.1, -0.05) is 19.3 Å². The normalized spacial score (nSPS) is 23.6. The van der Waals surface area contributed by atoms with Gasteiger partial charge in [-0.25, -0.2) is 4.79 Å². The monoisotopic (exact) mass is 339 g/mol. The molecule has 0 saturated heterocycles. The molecule has 1 fully saturated rings. The average molecular weight is 339 g/mol. The molecule has 1 amide bonds. The van der Waals surface area contributed by atoms with Gasteiger partial charge in [0.25, 0.3) is 0 Å². The van der Waals surface area contributed by atoms with Gasteiger partial charge in [0.1, 0.15) is 10.8 Å². The highest BCUT2D eigenvalue weighted by atomic mass is 32.2. The second-order valence-electron chi connectivity index (χ2n) is 6.09. The van der Waals surface area contributed by atoms with E-state index in [4.69, 9.17) is 0 Å². The van der Waals surface area contributed by atoms with Crippen LogP contribution in [0.1, 0.15) is 47.8 Å². The van der Waals surface area contributed by atoms with Crippen LogP contribution in [0, 0.1) is 0 Å². The Morgan fingerprint density at radius 3 is 2.73 bits per heavy atom. The van der Waals surface area contributed by atoms with E-state index in [0.29, 0.717) is 12.8 Å². The summed E-state index contributed by atoms with van der Waals surface area (Å²) in [6.45, 7) is 0. The molecule has 0 spiro atoms. The standard InChI is InChI=1S/C16H21NO3S2/c1-17(16(15(19)20)7-3-2-4-8-16)14(18)13-11-5-9-21-12(11)6-10-22-13/h5,9,13H,2-4,6-8,10H2,1H3,(H,19,20). The first-order chi connectivity index (χ1) is 10.6. The second-order valence-corrected chi connectivity index (χ2v) is 8.31. The number of hydrogen-bond acceptors (Lipinski definition) is 4. The van der Waals surface area contributed by atoms with Gasteiger partial charge < -0.3 is 10.0 Å². The third-order valence-electron chi connectivity index (χ3n) is 4.95. The van der Waals surface area contributed by atoms with E-state index in [0.717, 1.165) is 37.0 Å². The predicted octanol–water partition coefficient (Wildman–Crippen LogP) is 3.32. The summed E-state index contributed by atoms with van der Waals surface area (Å²) >= 11 is 3.34. The van der Waals surface area contributed by atoms with Crippen molar-refractivity contribution in [2.24, 2.45) is 0 Å². The van der Waals surface area contributed by atoms with Crippen LogP contribution in [0.5, 0.6) is 0 Å². The molecule has 6 heteroatoms. The quantitative estimate of drug-likeness (QED) is 0.918. The summed E-state index contributed by atoms with van der Waals surface area (Å²) in [4.78, 5) is 27.7. The lowest BCUT2D eigenvalue weighted by molar-refractivity contribution is -0.160. The Morgan fingerprint density at radius 2 is 2.05 bits per heavy atom. The first-order valence-electron chi connectivity index (χ1n) is 7.75. The van der Waals surface area contributed by atoms with E-state index in [2.05, 4.69) is 0 Å². The molecule has 3 rings (SSSR count). The highest BCUT2D eigenvalue weighted by molar-refractivity contribution is 8.00. The van der Waals surface area contributed by atoms with Crippen LogP contribution < -0.4 is 0 Å². The van der Waals surface area contributed by atoms with Crippen LogP contribution in [0.25, 0.3) is 0 Å². The SMILES string of the molecule is CN(C(=O)C1SCCc2sccc21)C1(C(=O)O)CCCCC1. The van der Waals surface area contributed by atoms with Crippen molar-refractivity contribution in [3.63, 3.8) is 0 Å². The predicted molar refractivity (Wildman–Crippen MR) is 89.4 cm³/mol. The summed E-state index contributed by atoms with van der Waals surface area (Å²) in [6.07, 6.45) is 4.97. The van der Waals surface area contributed by atoms with Crippen molar-refractivity contribution in [1.29, 1.82) is 0 Å². The third-order valence-corrected chi connectivity index (χ3v) is 7.18. The number of fused-ring (bicyclic) bond motifs is 1. The molecule has 4 nitrogen and oxygen atoms in total. The summed E-state index contributed by atoms with van der Waals surface area (Å²) < 4.78 is 0. The minimum absolute atomic E-state index is 0.0475. The number of carbonyl (C=O) groups is 2. The number of carboxylic acids is 1. The number of nitrogens with zero attached hydrogens (tertiary/aromatic N) is 1. The number of carboxylic acid groups (broad SMARTS) is 1. The number of rotatable bonds is 3. The van der Waals surface area contributed by atoms with Crippen LogP contribution in [0.2, 0.25) is 0 Å². The van der Waals surface area contributed by atoms with Crippen molar-refractivity contribution in [2.45, 2.75) is 49.3 Å². The molecule has 1 unspecified atom stereocenters. The molecular weight excluding hydrogens is 318 g/mol. The Hall–Kier alpha value is -1.01. The lowest BCUT2D eigenvalue weighted by Gasteiger charge is -2.42. The van der Waals surface area contributed by atoms with Crippen LogP contribution in [0.15, 0.2) is 11.4 Å². The minimum Gasteiger partial charge on any atom is -0.479 e. The zero-order chi connectivity index (χ0) is 15.7.